The van der Waals surface area contributed by atoms with Crippen LogP contribution in [0.5, 0.6) is 0 Å². The maximum atomic E-state index is 12.5. The fourth-order valence-electron chi connectivity index (χ4n) is 3.59. The van der Waals surface area contributed by atoms with E-state index >= 15 is 0 Å². The number of nitrogens with one attached hydrogen (secondary N) is 2. The van der Waals surface area contributed by atoms with Crippen LogP contribution in [0.1, 0.15) is 24.0 Å². The number of benzene rings is 2. The van der Waals surface area contributed by atoms with Gasteiger partial charge >= 0.3 is 0 Å². The van der Waals surface area contributed by atoms with Crippen LogP contribution in [0, 0.1) is 0 Å². The van der Waals surface area contributed by atoms with Gasteiger partial charge in [-0.25, -0.2) is 16.8 Å². The molecule has 0 saturated carbocycles. The molecular weight excluding hydrogens is 488 g/mol. The highest BCUT2D eigenvalue weighted by atomic mass is 32.2. The van der Waals surface area contributed by atoms with Gasteiger partial charge in [-0.05, 0) is 43.1 Å². The fraction of sp³-hybridized carbons (Fsp3) is 0.417. The molecular formula is C24H32N4O5S2. The van der Waals surface area contributed by atoms with Crippen LogP contribution < -0.4 is 10.6 Å². The summed E-state index contributed by atoms with van der Waals surface area (Å²) in [5.41, 5.74) is 2.20. The summed E-state index contributed by atoms with van der Waals surface area (Å²) in [5, 5.41) is 6.09. The van der Waals surface area contributed by atoms with Gasteiger partial charge in [-0.1, -0.05) is 30.3 Å². The second-order valence-corrected chi connectivity index (χ2v) is 12.5. The molecule has 1 amide bonds. The Morgan fingerprint density at radius 2 is 1.80 bits per heavy atom. The Kier molecular flexibility index (Phi) is 9.03. The number of amidine groups is 1. The van der Waals surface area contributed by atoms with E-state index in [0.29, 0.717) is 25.9 Å². The molecule has 3 rings (SSSR count). The van der Waals surface area contributed by atoms with Crippen molar-refractivity contribution in [2.24, 2.45) is 4.99 Å². The van der Waals surface area contributed by atoms with Crippen molar-refractivity contribution in [2.45, 2.75) is 29.1 Å². The van der Waals surface area contributed by atoms with Crippen molar-refractivity contribution in [3.05, 3.63) is 59.7 Å². The number of likely N-dealkylation sites (N-methyl/N-ethyl adjacent to an activating group) is 1. The highest BCUT2D eigenvalue weighted by Crippen LogP contribution is 2.16. The third kappa shape index (κ3) is 7.87. The molecule has 0 radical (unpaired) electrons. The molecule has 0 aliphatic carbocycles. The molecule has 2 N–H and O–H groups in total. The van der Waals surface area contributed by atoms with Crippen molar-refractivity contribution in [2.75, 3.05) is 45.4 Å². The van der Waals surface area contributed by atoms with Gasteiger partial charge in [-0.2, -0.15) is 0 Å². The van der Waals surface area contributed by atoms with Crippen LogP contribution >= 0.6 is 0 Å². The van der Waals surface area contributed by atoms with Gasteiger partial charge in [0.15, 0.2) is 19.7 Å². The number of sulfone groups is 2. The third-order valence-corrected chi connectivity index (χ3v) is 8.36. The van der Waals surface area contributed by atoms with Crippen LogP contribution in [0.25, 0.3) is 0 Å². The maximum absolute atomic E-state index is 12.5. The van der Waals surface area contributed by atoms with E-state index in [1.807, 2.05) is 24.3 Å². The molecule has 0 aromatic heterocycles. The molecule has 0 fully saturated rings. The minimum Gasteiger partial charge on any atom is -0.368 e. The zero-order chi connectivity index (χ0) is 25.5. The number of carbonyl (C=O) groups excluding carboxylic acids is 1. The quantitative estimate of drug-likeness (QED) is 0.404. The normalized spacial score (nSPS) is 13.8. The Morgan fingerprint density at radius 1 is 1.09 bits per heavy atom. The first-order valence-electron chi connectivity index (χ1n) is 11.4. The van der Waals surface area contributed by atoms with Crippen molar-refractivity contribution >= 4 is 31.4 Å². The first-order valence-corrected chi connectivity index (χ1v) is 15.0. The molecule has 2 aromatic carbocycles. The molecule has 2 aromatic rings. The molecule has 0 unspecified atom stereocenters. The summed E-state index contributed by atoms with van der Waals surface area (Å²) in [4.78, 5) is 18.4. The summed E-state index contributed by atoms with van der Waals surface area (Å²) in [6.45, 7) is 2.61. The average Bonchev–Trinajstić information content (AvgIpc) is 3.37. The van der Waals surface area contributed by atoms with Crippen LogP contribution in [0.3, 0.4) is 0 Å². The first-order chi connectivity index (χ1) is 16.6. The van der Waals surface area contributed by atoms with Crippen LogP contribution in [0.2, 0.25) is 0 Å². The van der Waals surface area contributed by atoms with Crippen molar-refractivity contribution in [1.29, 1.82) is 0 Å². The van der Waals surface area contributed by atoms with Gasteiger partial charge in [-0.3, -0.25) is 9.79 Å². The summed E-state index contributed by atoms with van der Waals surface area (Å²) in [7, 11) is -5.42. The lowest BCUT2D eigenvalue weighted by Gasteiger charge is -2.17. The van der Waals surface area contributed by atoms with E-state index < -0.39 is 19.7 Å². The van der Waals surface area contributed by atoms with Crippen LogP contribution in [0.4, 0.5) is 0 Å². The van der Waals surface area contributed by atoms with E-state index in [4.69, 9.17) is 0 Å². The molecule has 190 valence electrons. The molecule has 0 spiro atoms. The Morgan fingerprint density at radius 3 is 2.46 bits per heavy atom. The van der Waals surface area contributed by atoms with Gasteiger partial charge < -0.3 is 15.5 Å². The van der Waals surface area contributed by atoms with E-state index in [1.165, 1.54) is 18.2 Å². The average molecular weight is 521 g/mol. The van der Waals surface area contributed by atoms with Crippen molar-refractivity contribution in [1.82, 2.24) is 15.5 Å². The topological polar surface area (TPSA) is 125 Å². The number of hydrogen-bond donors (Lipinski definition) is 2. The van der Waals surface area contributed by atoms with E-state index in [9.17, 15) is 21.6 Å². The minimum absolute atomic E-state index is 0.00311. The van der Waals surface area contributed by atoms with Gasteiger partial charge in [0.05, 0.1) is 16.3 Å². The molecule has 1 aliphatic heterocycles. The van der Waals surface area contributed by atoms with Gasteiger partial charge in [0.25, 0.3) is 0 Å². The third-order valence-electron chi connectivity index (χ3n) is 5.69. The van der Waals surface area contributed by atoms with Gasteiger partial charge in [0.2, 0.25) is 5.91 Å². The number of rotatable bonds is 12. The molecule has 1 aliphatic rings. The van der Waals surface area contributed by atoms with E-state index in [-0.39, 0.29) is 21.6 Å². The largest absolute Gasteiger partial charge is 0.368 e. The summed E-state index contributed by atoms with van der Waals surface area (Å²) in [6.07, 6.45) is 2.57. The van der Waals surface area contributed by atoms with Crippen molar-refractivity contribution < 1.29 is 21.6 Å². The molecule has 0 atom stereocenters. The first kappa shape index (κ1) is 26.8. The monoisotopic (exact) mass is 520 g/mol. The van der Waals surface area contributed by atoms with Crippen molar-refractivity contribution in [3.8, 4) is 0 Å². The summed E-state index contributed by atoms with van der Waals surface area (Å²) < 4.78 is 48.3. The van der Waals surface area contributed by atoms with Crippen LogP contribution in [-0.4, -0.2) is 78.8 Å². The van der Waals surface area contributed by atoms with E-state index in [2.05, 4.69) is 15.6 Å². The Bertz CT molecular complexity index is 1270. The Balaban J connectivity index is 1.37. The number of carbonyl (C=O) groups is 1. The zero-order valence-electron chi connectivity index (χ0n) is 20.0. The zero-order valence-corrected chi connectivity index (χ0v) is 21.7. The fourth-order valence-corrected chi connectivity index (χ4v) is 5.50. The lowest BCUT2D eigenvalue weighted by molar-refractivity contribution is -0.129. The summed E-state index contributed by atoms with van der Waals surface area (Å²) in [6, 6.07) is 13.5. The lowest BCUT2D eigenvalue weighted by atomic mass is 10.1. The predicted molar refractivity (Wildman–Crippen MR) is 136 cm³/mol. The van der Waals surface area contributed by atoms with Crippen LogP contribution in [0.15, 0.2) is 63.3 Å². The molecule has 0 saturated heterocycles. The molecule has 35 heavy (non-hydrogen) atoms. The van der Waals surface area contributed by atoms with Gasteiger partial charge in [0.1, 0.15) is 11.7 Å². The second kappa shape index (κ2) is 11.8. The molecule has 1 heterocycles. The predicted octanol–water partition coefficient (Wildman–Crippen LogP) is 1.24. The Hall–Kier alpha value is -2.76. The van der Waals surface area contributed by atoms with E-state index in [0.717, 1.165) is 48.8 Å². The van der Waals surface area contributed by atoms with E-state index in [1.54, 1.807) is 11.9 Å². The number of hydrogen-bond acceptors (Lipinski definition) is 8. The minimum atomic E-state index is -3.69. The molecule has 11 heteroatoms. The molecule has 9 nitrogen and oxygen atoms in total. The maximum Gasteiger partial charge on any atom is 0.222 e. The van der Waals surface area contributed by atoms with Gasteiger partial charge in [-0.15, -0.1) is 0 Å². The molecule has 0 bridgehead atoms. The number of amides is 1. The SMILES string of the molecule is CN(CCc1ccc(C2=NCCN2)cc1)C(=O)CCCNCS(=O)(=O)c1cccc(S(C)(=O)=O)c1. The second-order valence-electron chi connectivity index (χ2n) is 8.53. The van der Waals surface area contributed by atoms with Gasteiger partial charge in [0, 0.05) is 38.4 Å². The van der Waals surface area contributed by atoms with Crippen LogP contribution in [-0.2, 0) is 30.9 Å². The number of aliphatic imine (C=N–C) groups is 1. The smallest absolute Gasteiger partial charge is 0.222 e. The highest BCUT2D eigenvalue weighted by Gasteiger charge is 2.17. The number of nitrogens with zero attached hydrogens (tertiary/aromatic N) is 2. The van der Waals surface area contributed by atoms with Crippen molar-refractivity contribution in [3.63, 3.8) is 0 Å². The Labute approximate surface area is 207 Å². The lowest BCUT2D eigenvalue weighted by Crippen LogP contribution is -2.30. The summed E-state index contributed by atoms with van der Waals surface area (Å²) in [5.74, 6) is 0.589. The summed E-state index contributed by atoms with van der Waals surface area (Å²) >= 11 is 0. The highest BCUT2D eigenvalue weighted by molar-refractivity contribution is 7.92. The standard InChI is InChI=1S/C24H32N4O5S2/c1-28(16-12-19-8-10-20(11-9-19)24-26-14-15-27-24)23(29)7-4-13-25-18-35(32,33)22-6-3-5-21(17-22)34(2,30)31/h3,5-6,8-11,17,25H,4,7,12-16,18H2,1-2H3,(H,26,27).